The van der Waals surface area contributed by atoms with E-state index in [1.54, 1.807) is 24.7 Å². The van der Waals surface area contributed by atoms with E-state index in [4.69, 9.17) is 0 Å². The summed E-state index contributed by atoms with van der Waals surface area (Å²) in [6.45, 7) is 4.05. The van der Waals surface area contributed by atoms with Crippen molar-refractivity contribution in [3.8, 4) is 11.8 Å². The van der Waals surface area contributed by atoms with Crippen LogP contribution in [0.15, 0.2) is 43.0 Å². The van der Waals surface area contributed by atoms with Gasteiger partial charge in [0.15, 0.2) is 0 Å². The number of nitrogens with one attached hydrogen (secondary N) is 2. The Kier molecular flexibility index (Phi) is 7.23. The highest BCUT2D eigenvalue weighted by molar-refractivity contribution is 5.95. The van der Waals surface area contributed by atoms with E-state index in [2.05, 4.69) is 21.7 Å². The molecular formula is C23H29N5O2. The quantitative estimate of drug-likeness (QED) is 0.736. The van der Waals surface area contributed by atoms with Crippen LogP contribution in [0.2, 0.25) is 0 Å². The molecule has 7 heteroatoms. The van der Waals surface area contributed by atoms with Gasteiger partial charge in [-0.3, -0.25) is 9.59 Å². The van der Waals surface area contributed by atoms with Crippen LogP contribution in [0.25, 0.3) is 5.69 Å². The second-order valence-electron chi connectivity index (χ2n) is 8.31. The van der Waals surface area contributed by atoms with Crippen LogP contribution in [0.5, 0.6) is 0 Å². The number of benzene rings is 1. The van der Waals surface area contributed by atoms with Gasteiger partial charge < -0.3 is 15.2 Å². The van der Waals surface area contributed by atoms with Crippen LogP contribution in [-0.4, -0.2) is 33.4 Å². The number of aromatic nitrogens is 2. The van der Waals surface area contributed by atoms with E-state index in [1.807, 2.05) is 36.7 Å². The number of carbonyl (C=O) groups is 2. The molecule has 1 aliphatic carbocycles. The van der Waals surface area contributed by atoms with E-state index in [0.717, 1.165) is 31.4 Å². The predicted octanol–water partition coefficient (Wildman–Crippen LogP) is 3.22. The predicted molar refractivity (Wildman–Crippen MR) is 114 cm³/mol. The summed E-state index contributed by atoms with van der Waals surface area (Å²) in [6.07, 6.45) is 9.27. The van der Waals surface area contributed by atoms with Crippen LogP contribution in [0.3, 0.4) is 0 Å². The molecule has 3 rings (SSSR count). The Morgan fingerprint density at radius 2 is 1.97 bits per heavy atom. The summed E-state index contributed by atoms with van der Waals surface area (Å²) in [5.74, 6) is -0.309. The zero-order valence-electron chi connectivity index (χ0n) is 17.5. The summed E-state index contributed by atoms with van der Waals surface area (Å²) < 4.78 is 1.87. The van der Waals surface area contributed by atoms with Crippen molar-refractivity contribution < 1.29 is 9.59 Å². The first kappa shape index (κ1) is 21.6. The van der Waals surface area contributed by atoms with Gasteiger partial charge in [-0.1, -0.05) is 26.7 Å². The van der Waals surface area contributed by atoms with Crippen molar-refractivity contribution in [3.05, 3.63) is 48.5 Å². The number of imidazole rings is 1. The highest BCUT2D eigenvalue weighted by atomic mass is 16.2. The van der Waals surface area contributed by atoms with Crippen LogP contribution < -0.4 is 10.6 Å². The summed E-state index contributed by atoms with van der Waals surface area (Å²) in [5.41, 5.74) is 1.48. The summed E-state index contributed by atoms with van der Waals surface area (Å²) >= 11 is 0. The Morgan fingerprint density at radius 3 is 2.60 bits per heavy atom. The second-order valence-corrected chi connectivity index (χ2v) is 8.31. The maximum absolute atomic E-state index is 12.8. The Bertz CT molecular complexity index is 883. The zero-order chi connectivity index (χ0) is 21.5. The Morgan fingerprint density at radius 1 is 1.23 bits per heavy atom. The van der Waals surface area contributed by atoms with Crippen LogP contribution in [0.1, 0.15) is 56.3 Å². The summed E-state index contributed by atoms with van der Waals surface area (Å²) in [5, 5.41) is 15.3. The Balaban J connectivity index is 1.64. The number of rotatable bonds is 7. The van der Waals surface area contributed by atoms with Gasteiger partial charge in [0.25, 0.3) is 5.91 Å². The molecule has 1 aromatic heterocycles. The first-order valence-electron chi connectivity index (χ1n) is 10.6. The molecule has 1 aliphatic rings. The molecule has 3 atom stereocenters. The van der Waals surface area contributed by atoms with Gasteiger partial charge in [-0.15, -0.1) is 0 Å². The van der Waals surface area contributed by atoms with E-state index in [0.29, 0.717) is 17.9 Å². The van der Waals surface area contributed by atoms with Gasteiger partial charge >= 0.3 is 0 Å². The number of hydrogen-bond acceptors (Lipinski definition) is 4. The van der Waals surface area contributed by atoms with E-state index in [1.165, 1.54) is 0 Å². The maximum atomic E-state index is 12.8. The molecular weight excluding hydrogens is 378 g/mol. The Labute approximate surface area is 177 Å². The highest BCUT2D eigenvalue weighted by Gasteiger charge is 2.33. The van der Waals surface area contributed by atoms with Crippen LogP contribution >= 0.6 is 0 Å². The van der Waals surface area contributed by atoms with Crippen molar-refractivity contribution in [2.45, 2.75) is 58.0 Å². The molecule has 1 heterocycles. The zero-order valence-corrected chi connectivity index (χ0v) is 17.5. The molecule has 1 saturated carbocycles. The fraction of sp³-hybridized carbons (Fsp3) is 0.478. The molecule has 1 fully saturated rings. The number of hydrogen-bond donors (Lipinski definition) is 2. The number of nitriles is 1. The van der Waals surface area contributed by atoms with Gasteiger partial charge in [0.05, 0.1) is 18.3 Å². The van der Waals surface area contributed by atoms with Crippen LogP contribution in [0.4, 0.5) is 0 Å². The molecule has 30 heavy (non-hydrogen) atoms. The minimum atomic E-state index is -0.494. The van der Waals surface area contributed by atoms with Gasteiger partial charge in [0, 0.05) is 29.7 Å². The third kappa shape index (κ3) is 5.47. The normalized spacial score (nSPS) is 19.7. The van der Waals surface area contributed by atoms with Gasteiger partial charge in [-0.25, -0.2) is 4.98 Å². The lowest BCUT2D eigenvalue weighted by Crippen LogP contribution is -2.50. The summed E-state index contributed by atoms with van der Waals surface area (Å²) in [6, 6.07) is 8.74. The molecule has 7 nitrogen and oxygen atoms in total. The van der Waals surface area contributed by atoms with E-state index in [9.17, 15) is 14.9 Å². The lowest BCUT2D eigenvalue weighted by atomic mass is 9.83. The SMILES string of the molecule is CC(C)C[C@@H](C#N)NC(=O)[C@@H]1CCCCC1NC(=O)c1ccc(-n2ccnc2)cc1. The molecule has 0 radical (unpaired) electrons. The smallest absolute Gasteiger partial charge is 0.251 e. The van der Waals surface area contributed by atoms with Crippen molar-refractivity contribution in [1.82, 2.24) is 20.2 Å². The first-order chi connectivity index (χ1) is 14.5. The van der Waals surface area contributed by atoms with E-state index >= 15 is 0 Å². The van der Waals surface area contributed by atoms with Crippen molar-refractivity contribution in [3.63, 3.8) is 0 Å². The summed E-state index contributed by atoms with van der Waals surface area (Å²) in [4.78, 5) is 29.6. The average Bonchev–Trinajstić information content (AvgIpc) is 3.28. The second kappa shape index (κ2) is 10.1. The minimum absolute atomic E-state index is 0.136. The van der Waals surface area contributed by atoms with E-state index < -0.39 is 6.04 Å². The van der Waals surface area contributed by atoms with Crippen molar-refractivity contribution >= 4 is 11.8 Å². The van der Waals surface area contributed by atoms with Crippen LogP contribution in [0, 0.1) is 23.2 Å². The lowest BCUT2D eigenvalue weighted by molar-refractivity contribution is -0.127. The number of nitrogens with zero attached hydrogens (tertiary/aromatic N) is 3. The monoisotopic (exact) mass is 407 g/mol. The fourth-order valence-electron chi connectivity index (χ4n) is 3.96. The largest absolute Gasteiger partial charge is 0.349 e. The van der Waals surface area contributed by atoms with Crippen LogP contribution in [-0.2, 0) is 4.79 Å². The van der Waals surface area contributed by atoms with E-state index in [-0.39, 0.29) is 23.8 Å². The molecule has 0 aliphatic heterocycles. The molecule has 2 N–H and O–H groups in total. The van der Waals surface area contributed by atoms with Crippen molar-refractivity contribution in [2.24, 2.45) is 11.8 Å². The molecule has 158 valence electrons. The first-order valence-corrected chi connectivity index (χ1v) is 10.6. The molecule has 0 saturated heterocycles. The van der Waals surface area contributed by atoms with Gasteiger partial charge in [0.2, 0.25) is 5.91 Å². The van der Waals surface area contributed by atoms with Crippen molar-refractivity contribution in [2.75, 3.05) is 0 Å². The lowest BCUT2D eigenvalue weighted by Gasteiger charge is -2.32. The fourth-order valence-corrected chi connectivity index (χ4v) is 3.96. The molecule has 0 spiro atoms. The highest BCUT2D eigenvalue weighted by Crippen LogP contribution is 2.25. The third-order valence-corrected chi connectivity index (χ3v) is 5.53. The molecule has 0 bridgehead atoms. The minimum Gasteiger partial charge on any atom is -0.349 e. The van der Waals surface area contributed by atoms with Gasteiger partial charge in [0.1, 0.15) is 6.04 Å². The maximum Gasteiger partial charge on any atom is 0.251 e. The van der Waals surface area contributed by atoms with Gasteiger partial charge in [-0.05, 0) is 49.4 Å². The molecule has 2 aromatic rings. The number of carbonyl (C=O) groups excluding carboxylic acids is 2. The van der Waals surface area contributed by atoms with Gasteiger partial charge in [-0.2, -0.15) is 5.26 Å². The third-order valence-electron chi connectivity index (χ3n) is 5.53. The number of amides is 2. The molecule has 1 unspecified atom stereocenters. The summed E-state index contributed by atoms with van der Waals surface area (Å²) in [7, 11) is 0. The standard InChI is InChI=1S/C23H29N5O2/c1-16(2)13-18(14-24)26-23(30)20-5-3-4-6-21(20)27-22(29)17-7-9-19(10-8-17)28-12-11-25-15-28/h7-12,15-16,18,20-21H,3-6,13H2,1-2H3,(H,26,30)(H,27,29)/t18-,20+,21?/m0/s1. The Hall–Kier alpha value is -3.14. The van der Waals surface area contributed by atoms with Crippen molar-refractivity contribution in [1.29, 1.82) is 5.26 Å². The molecule has 2 amide bonds. The average molecular weight is 408 g/mol. The topological polar surface area (TPSA) is 99.8 Å². The molecule has 1 aromatic carbocycles.